The fraction of sp³-hybridized carbons (Fsp3) is 0.167. The third-order valence-electron chi connectivity index (χ3n) is 4.06. The van der Waals surface area contributed by atoms with Crippen LogP contribution in [0.4, 0.5) is 19.0 Å². The van der Waals surface area contributed by atoms with Crippen LogP contribution in [0.5, 0.6) is 5.75 Å². The van der Waals surface area contributed by atoms with Gasteiger partial charge in [-0.2, -0.15) is 5.10 Å². The van der Waals surface area contributed by atoms with Crippen molar-refractivity contribution in [2.45, 2.75) is 12.8 Å². The molecule has 0 unspecified atom stereocenters. The lowest BCUT2D eigenvalue weighted by atomic mass is 10.1. The molecule has 0 aliphatic carbocycles. The van der Waals surface area contributed by atoms with E-state index in [2.05, 4.69) is 31.1 Å². The molecule has 0 bridgehead atoms. The first-order chi connectivity index (χ1) is 12.4. The molecule has 3 aromatic rings. The van der Waals surface area contributed by atoms with Crippen molar-refractivity contribution in [3.05, 3.63) is 58.6 Å². The molecule has 2 heterocycles. The summed E-state index contributed by atoms with van der Waals surface area (Å²) in [6.07, 6.45) is -3.86. The van der Waals surface area contributed by atoms with Crippen molar-refractivity contribution in [3.63, 3.8) is 0 Å². The Morgan fingerprint density at radius 2 is 1.88 bits per heavy atom. The minimum atomic E-state index is -4.70. The van der Waals surface area contributed by atoms with Gasteiger partial charge in [-0.3, -0.25) is 0 Å². The van der Waals surface area contributed by atoms with E-state index in [-0.39, 0.29) is 5.75 Å². The number of aromatic nitrogens is 2. The molecule has 0 atom stereocenters. The average molecular weight is 424 g/mol. The largest absolute Gasteiger partial charge is 0.573 e. The number of benzene rings is 2. The van der Waals surface area contributed by atoms with Crippen LogP contribution in [0.25, 0.3) is 16.9 Å². The van der Waals surface area contributed by atoms with Gasteiger partial charge in [-0.15, -0.1) is 13.2 Å². The molecule has 8 heteroatoms. The fourth-order valence-corrected chi connectivity index (χ4v) is 3.42. The Bertz CT molecular complexity index is 951. The van der Waals surface area contributed by atoms with Crippen LogP contribution < -0.4 is 10.1 Å². The van der Waals surface area contributed by atoms with Crippen molar-refractivity contribution in [3.8, 4) is 22.7 Å². The molecule has 26 heavy (non-hydrogen) atoms. The van der Waals surface area contributed by atoms with Crippen LogP contribution in [0.3, 0.4) is 0 Å². The van der Waals surface area contributed by atoms with Crippen LogP contribution in [0.15, 0.2) is 53.0 Å². The summed E-state index contributed by atoms with van der Waals surface area (Å²) in [6.45, 7) is 0.795. The van der Waals surface area contributed by atoms with E-state index in [1.807, 2.05) is 24.3 Å². The van der Waals surface area contributed by atoms with Gasteiger partial charge < -0.3 is 10.1 Å². The van der Waals surface area contributed by atoms with E-state index >= 15 is 0 Å². The Morgan fingerprint density at radius 1 is 1.12 bits per heavy atom. The molecule has 1 aliphatic rings. The minimum absolute atomic E-state index is 0.259. The van der Waals surface area contributed by atoms with Crippen molar-refractivity contribution in [1.82, 2.24) is 9.78 Å². The zero-order valence-electron chi connectivity index (χ0n) is 13.3. The molecule has 1 N–H and O–H groups in total. The molecule has 0 saturated carbocycles. The Labute approximate surface area is 155 Å². The van der Waals surface area contributed by atoms with Crippen LogP contribution in [-0.4, -0.2) is 22.7 Å². The van der Waals surface area contributed by atoms with Gasteiger partial charge in [0.05, 0.1) is 11.4 Å². The number of fused-ring (bicyclic) bond motifs is 1. The van der Waals surface area contributed by atoms with E-state index in [1.165, 1.54) is 12.1 Å². The van der Waals surface area contributed by atoms with E-state index in [9.17, 15) is 13.2 Å². The Morgan fingerprint density at radius 3 is 2.58 bits per heavy atom. The highest BCUT2D eigenvalue weighted by atomic mass is 79.9. The molecule has 0 radical (unpaired) electrons. The van der Waals surface area contributed by atoms with Crippen LogP contribution >= 0.6 is 15.9 Å². The third kappa shape index (κ3) is 3.29. The van der Waals surface area contributed by atoms with Gasteiger partial charge in [0.15, 0.2) is 0 Å². The highest BCUT2D eigenvalue weighted by Gasteiger charge is 2.31. The summed E-state index contributed by atoms with van der Waals surface area (Å²) in [5, 5.41) is 7.99. The number of alkyl halides is 3. The molecular weight excluding hydrogens is 411 g/mol. The van der Waals surface area contributed by atoms with Gasteiger partial charge in [-0.1, -0.05) is 28.1 Å². The normalized spacial score (nSPS) is 13.4. The van der Waals surface area contributed by atoms with Crippen LogP contribution in [-0.2, 0) is 6.42 Å². The molecule has 1 aliphatic heterocycles. The fourth-order valence-electron chi connectivity index (χ4n) is 3.02. The zero-order chi connectivity index (χ0) is 18.3. The van der Waals surface area contributed by atoms with Gasteiger partial charge in [0.1, 0.15) is 11.6 Å². The van der Waals surface area contributed by atoms with Crippen molar-refractivity contribution in [1.29, 1.82) is 0 Å². The Balaban J connectivity index is 1.73. The number of anilines is 1. The highest BCUT2D eigenvalue weighted by molar-refractivity contribution is 9.10. The third-order valence-corrected chi connectivity index (χ3v) is 4.56. The van der Waals surface area contributed by atoms with E-state index in [0.717, 1.165) is 40.1 Å². The molecule has 1 aromatic heterocycles. The summed E-state index contributed by atoms with van der Waals surface area (Å²) >= 11 is 3.47. The van der Waals surface area contributed by atoms with Gasteiger partial charge >= 0.3 is 6.36 Å². The number of nitrogens with zero attached hydrogens (tertiary/aromatic N) is 2. The van der Waals surface area contributed by atoms with Gasteiger partial charge in [-0.05, 0) is 42.8 Å². The first-order valence-corrected chi connectivity index (χ1v) is 8.68. The number of ether oxygens (including phenoxy) is 1. The van der Waals surface area contributed by atoms with E-state index in [1.54, 1.807) is 16.8 Å². The lowest BCUT2D eigenvalue weighted by Gasteiger charge is -2.10. The zero-order valence-corrected chi connectivity index (χ0v) is 14.9. The molecule has 0 fully saturated rings. The number of rotatable bonds is 3. The molecular formula is C18H13BrF3N3O. The van der Waals surface area contributed by atoms with Gasteiger partial charge in [0.25, 0.3) is 0 Å². The molecule has 2 aromatic carbocycles. The standard InChI is InChI=1S/C18H13BrF3N3O/c19-12-3-1-2-11(10-12)16-15-8-9-23-17(15)25(24-16)13-4-6-14(7-5-13)26-18(20,21)22/h1-7,10,23H,8-9H2. The minimum Gasteiger partial charge on any atom is -0.406 e. The quantitative estimate of drug-likeness (QED) is 0.631. The summed E-state index contributed by atoms with van der Waals surface area (Å²) < 4.78 is 43.5. The van der Waals surface area contributed by atoms with Gasteiger partial charge in [0, 0.05) is 22.1 Å². The lowest BCUT2D eigenvalue weighted by Crippen LogP contribution is -2.17. The summed E-state index contributed by atoms with van der Waals surface area (Å²) in [4.78, 5) is 0. The summed E-state index contributed by atoms with van der Waals surface area (Å²) in [6, 6.07) is 13.5. The number of hydrogen-bond donors (Lipinski definition) is 1. The van der Waals surface area contributed by atoms with Gasteiger partial charge in [-0.25, -0.2) is 4.68 Å². The first kappa shape index (κ1) is 17.0. The number of hydrogen-bond acceptors (Lipinski definition) is 3. The Hall–Kier alpha value is -2.48. The second-order valence-corrected chi connectivity index (χ2v) is 6.73. The van der Waals surface area contributed by atoms with Crippen LogP contribution in [0, 0.1) is 0 Å². The monoisotopic (exact) mass is 423 g/mol. The summed E-state index contributed by atoms with van der Waals surface area (Å²) in [5.41, 5.74) is 3.60. The lowest BCUT2D eigenvalue weighted by molar-refractivity contribution is -0.274. The number of halogens is 4. The van der Waals surface area contributed by atoms with Crippen LogP contribution in [0.1, 0.15) is 5.56 Å². The summed E-state index contributed by atoms with van der Waals surface area (Å²) in [5.74, 6) is 0.606. The second-order valence-electron chi connectivity index (χ2n) is 5.82. The van der Waals surface area contributed by atoms with Crippen molar-refractivity contribution in [2.24, 2.45) is 0 Å². The van der Waals surface area contributed by atoms with E-state index in [4.69, 9.17) is 0 Å². The molecule has 0 amide bonds. The van der Waals surface area contributed by atoms with Crippen LogP contribution in [0.2, 0.25) is 0 Å². The predicted octanol–water partition coefficient (Wildman–Crippen LogP) is 5.17. The van der Waals surface area contributed by atoms with E-state index < -0.39 is 6.36 Å². The predicted molar refractivity (Wildman–Crippen MR) is 95.6 cm³/mol. The average Bonchev–Trinajstić information content (AvgIpc) is 3.16. The molecule has 0 spiro atoms. The highest BCUT2D eigenvalue weighted by Crippen LogP contribution is 2.35. The van der Waals surface area contributed by atoms with E-state index in [0.29, 0.717) is 5.69 Å². The molecule has 134 valence electrons. The van der Waals surface area contributed by atoms with Crippen molar-refractivity contribution < 1.29 is 17.9 Å². The van der Waals surface area contributed by atoms with Crippen molar-refractivity contribution >= 4 is 21.7 Å². The maximum absolute atomic E-state index is 12.3. The molecule has 4 nitrogen and oxygen atoms in total. The Kier molecular flexibility index (Phi) is 4.14. The molecule has 4 rings (SSSR count). The first-order valence-electron chi connectivity index (χ1n) is 7.88. The maximum Gasteiger partial charge on any atom is 0.573 e. The molecule has 0 saturated heterocycles. The summed E-state index contributed by atoms with van der Waals surface area (Å²) in [7, 11) is 0. The topological polar surface area (TPSA) is 39.1 Å². The smallest absolute Gasteiger partial charge is 0.406 e. The number of nitrogens with one attached hydrogen (secondary N) is 1. The SMILES string of the molecule is FC(F)(F)Oc1ccc(-n2nc(-c3cccc(Br)c3)c3c2NCC3)cc1. The van der Waals surface area contributed by atoms with Crippen molar-refractivity contribution in [2.75, 3.05) is 11.9 Å². The second kappa shape index (κ2) is 6.35. The maximum atomic E-state index is 12.3. The van der Waals surface area contributed by atoms with Gasteiger partial charge in [0.2, 0.25) is 0 Å².